The Morgan fingerprint density at radius 1 is 1.35 bits per heavy atom. The minimum Gasteiger partial charge on any atom is -0.508 e. The number of phenolic OH excluding ortho intramolecular Hbond substituents is 1. The van der Waals surface area contributed by atoms with E-state index in [4.69, 9.17) is 14.9 Å². The van der Waals surface area contributed by atoms with Crippen molar-refractivity contribution < 1.29 is 19.7 Å². The molecule has 1 rings (SSSR count). The number of hydrogen-bond acceptors (Lipinski definition) is 3. The zero-order valence-electron chi connectivity index (χ0n) is 10.1. The van der Waals surface area contributed by atoms with E-state index in [9.17, 15) is 4.79 Å². The van der Waals surface area contributed by atoms with Crippen LogP contribution in [0.1, 0.15) is 25.8 Å². The average Bonchev–Trinajstić information content (AvgIpc) is 2.30. The Morgan fingerprint density at radius 3 is 2.41 bits per heavy atom. The van der Waals surface area contributed by atoms with E-state index in [-0.39, 0.29) is 11.9 Å². The van der Waals surface area contributed by atoms with Crippen LogP contribution in [0.5, 0.6) is 5.75 Å². The summed E-state index contributed by atoms with van der Waals surface area (Å²) in [4.78, 5) is 11.0. The van der Waals surface area contributed by atoms with Gasteiger partial charge in [-0.25, -0.2) is 4.79 Å². The van der Waals surface area contributed by atoms with Gasteiger partial charge in [0.2, 0.25) is 0 Å². The molecule has 0 aliphatic rings. The third-order valence-electron chi connectivity index (χ3n) is 2.60. The van der Waals surface area contributed by atoms with Crippen LogP contribution in [-0.2, 0) is 16.0 Å². The quantitative estimate of drug-likeness (QED) is 0.797. The first-order valence-electron chi connectivity index (χ1n) is 5.69. The van der Waals surface area contributed by atoms with Crippen molar-refractivity contribution in [1.29, 1.82) is 0 Å². The van der Waals surface area contributed by atoms with Crippen LogP contribution in [0.4, 0.5) is 0 Å². The normalized spacial score (nSPS) is 14.2. The molecule has 0 amide bonds. The smallest absolute Gasteiger partial charge is 0.333 e. The largest absolute Gasteiger partial charge is 0.508 e. The molecule has 17 heavy (non-hydrogen) atoms. The lowest BCUT2D eigenvalue weighted by molar-refractivity contribution is -0.153. The topological polar surface area (TPSA) is 66.8 Å². The van der Waals surface area contributed by atoms with Crippen LogP contribution in [0.25, 0.3) is 0 Å². The summed E-state index contributed by atoms with van der Waals surface area (Å²) in [5.74, 6) is -0.790. The van der Waals surface area contributed by atoms with Crippen LogP contribution in [0.2, 0.25) is 0 Å². The van der Waals surface area contributed by atoms with E-state index in [0.717, 1.165) is 12.0 Å². The molecule has 0 fully saturated rings. The molecule has 4 heteroatoms. The van der Waals surface area contributed by atoms with Gasteiger partial charge >= 0.3 is 5.97 Å². The van der Waals surface area contributed by atoms with Crippen molar-refractivity contribution in [2.75, 3.05) is 0 Å². The second-order valence-electron chi connectivity index (χ2n) is 4.05. The molecular weight excluding hydrogens is 220 g/mol. The fraction of sp³-hybridized carbons (Fsp3) is 0.462. The number of aromatic hydroxyl groups is 1. The summed E-state index contributed by atoms with van der Waals surface area (Å²) in [7, 11) is 0. The summed E-state index contributed by atoms with van der Waals surface area (Å²) < 4.78 is 5.43. The van der Waals surface area contributed by atoms with E-state index in [0.29, 0.717) is 6.42 Å². The zero-order chi connectivity index (χ0) is 12.8. The van der Waals surface area contributed by atoms with Crippen LogP contribution in [0.3, 0.4) is 0 Å². The Hall–Kier alpha value is -1.55. The molecule has 0 bridgehead atoms. The molecule has 2 N–H and O–H groups in total. The van der Waals surface area contributed by atoms with E-state index < -0.39 is 12.1 Å². The van der Waals surface area contributed by atoms with Gasteiger partial charge in [0, 0.05) is 6.42 Å². The van der Waals surface area contributed by atoms with Gasteiger partial charge in [-0.2, -0.15) is 0 Å². The highest BCUT2D eigenvalue weighted by molar-refractivity contribution is 5.72. The lowest BCUT2D eigenvalue weighted by Gasteiger charge is -2.18. The van der Waals surface area contributed by atoms with Gasteiger partial charge < -0.3 is 14.9 Å². The maximum Gasteiger partial charge on any atom is 0.333 e. The molecule has 2 unspecified atom stereocenters. The molecule has 1 aromatic rings. The number of ether oxygens (including phenoxy) is 1. The zero-order valence-corrected chi connectivity index (χ0v) is 10.1. The molecule has 2 atom stereocenters. The summed E-state index contributed by atoms with van der Waals surface area (Å²) in [6, 6.07) is 6.48. The van der Waals surface area contributed by atoms with Crippen LogP contribution >= 0.6 is 0 Å². The second kappa shape index (κ2) is 6.25. The Kier molecular flexibility index (Phi) is 4.97. The fourth-order valence-electron chi connectivity index (χ4n) is 1.42. The lowest BCUT2D eigenvalue weighted by atomic mass is 10.1. The molecule has 0 radical (unpaired) electrons. The molecule has 0 spiro atoms. The molecule has 0 saturated carbocycles. The number of carboxylic acids is 1. The van der Waals surface area contributed by atoms with Crippen molar-refractivity contribution in [2.45, 2.75) is 38.9 Å². The number of aliphatic carboxylic acids is 1. The van der Waals surface area contributed by atoms with Crippen LogP contribution in [-0.4, -0.2) is 28.4 Å². The summed E-state index contributed by atoms with van der Waals surface area (Å²) in [5.41, 5.74) is 0.832. The van der Waals surface area contributed by atoms with Gasteiger partial charge in [-0.3, -0.25) is 0 Å². The molecule has 1 aromatic carbocycles. The number of carbonyl (C=O) groups is 1. The Labute approximate surface area is 101 Å². The fourth-order valence-corrected chi connectivity index (χ4v) is 1.42. The van der Waals surface area contributed by atoms with Crippen LogP contribution < -0.4 is 0 Å². The van der Waals surface area contributed by atoms with Gasteiger partial charge in [-0.05, 0) is 31.0 Å². The van der Waals surface area contributed by atoms with Crippen molar-refractivity contribution in [3.63, 3.8) is 0 Å². The van der Waals surface area contributed by atoms with E-state index in [1.165, 1.54) is 12.1 Å². The maximum atomic E-state index is 11.0. The maximum absolute atomic E-state index is 11.0. The lowest BCUT2D eigenvalue weighted by Crippen LogP contribution is -2.29. The number of benzene rings is 1. The van der Waals surface area contributed by atoms with Crippen molar-refractivity contribution >= 4 is 5.97 Å². The van der Waals surface area contributed by atoms with Crippen molar-refractivity contribution in [3.05, 3.63) is 29.8 Å². The van der Waals surface area contributed by atoms with Gasteiger partial charge in [-0.15, -0.1) is 0 Å². The van der Waals surface area contributed by atoms with Crippen LogP contribution in [0.15, 0.2) is 24.3 Å². The highest BCUT2D eigenvalue weighted by Crippen LogP contribution is 2.14. The summed E-state index contributed by atoms with van der Waals surface area (Å²) in [6.07, 6.45) is 0.168. The molecule has 0 aliphatic carbocycles. The minimum absolute atomic E-state index is 0.0757. The van der Waals surface area contributed by atoms with Crippen LogP contribution in [0, 0.1) is 0 Å². The number of rotatable bonds is 6. The van der Waals surface area contributed by atoms with E-state index in [2.05, 4.69) is 0 Å². The Balaban J connectivity index is 2.66. The number of hydrogen-bond donors (Lipinski definition) is 2. The summed E-state index contributed by atoms with van der Waals surface area (Å²) in [6.45, 7) is 3.80. The Morgan fingerprint density at radius 2 is 1.94 bits per heavy atom. The van der Waals surface area contributed by atoms with E-state index in [1.807, 2.05) is 13.8 Å². The minimum atomic E-state index is -0.960. The Bertz CT molecular complexity index is 358. The molecule has 0 aromatic heterocycles. The molecule has 0 heterocycles. The molecule has 0 saturated heterocycles. The molecule has 94 valence electrons. The van der Waals surface area contributed by atoms with Crippen molar-refractivity contribution in [1.82, 2.24) is 0 Å². The highest BCUT2D eigenvalue weighted by atomic mass is 16.5. The number of carboxylic acid groups (broad SMARTS) is 1. The van der Waals surface area contributed by atoms with Crippen molar-refractivity contribution in [3.8, 4) is 5.75 Å². The van der Waals surface area contributed by atoms with Gasteiger partial charge in [-0.1, -0.05) is 19.1 Å². The van der Waals surface area contributed by atoms with Gasteiger partial charge in [0.25, 0.3) is 0 Å². The number of phenols is 1. The van der Waals surface area contributed by atoms with E-state index >= 15 is 0 Å². The molecular formula is C13H18O4. The first-order valence-corrected chi connectivity index (χ1v) is 5.69. The van der Waals surface area contributed by atoms with Crippen molar-refractivity contribution in [2.24, 2.45) is 0 Å². The second-order valence-corrected chi connectivity index (χ2v) is 4.05. The third kappa shape index (κ3) is 4.44. The molecule has 0 aliphatic heterocycles. The highest BCUT2D eigenvalue weighted by Gasteiger charge is 2.20. The van der Waals surface area contributed by atoms with E-state index in [1.54, 1.807) is 12.1 Å². The SMILES string of the molecule is CCC(C)OC(Cc1ccc(O)cc1)C(=O)O. The molecule has 4 nitrogen and oxygen atoms in total. The van der Waals surface area contributed by atoms with Gasteiger partial charge in [0.15, 0.2) is 6.10 Å². The summed E-state index contributed by atoms with van der Waals surface area (Å²) in [5, 5.41) is 18.2. The predicted octanol–water partition coefficient (Wildman–Crippen LogP) is 2.20. The first kappa shape index (κ1) is 13.5. The standard InChI is InChI=1S/C13H18O4/c1-3-9(2)17-12(13(15)16)8-10-4-6-11(14)7-5-10/h4-7,9,12,14H,3,8H2,1-2H3,(H,15,16). The van der Waals surface area contributed by atoms with Gasteiger partial charge in [0.1, 0.15) is 5.75 Å². The average molecular weight is 238 g/mol. The third-order valence-corrected chi connectivity index (χ3v) is 2.60. The predicted molar refractivity (Wildman–Crippen MR) is 64.1 cm³/mol. The first-order chi connectivity index (χ1) is 8.02. The van der Waals surface area contributed by atoms with Gasteiger partial charge in [0.05, 0.1) is 6.10 Å². The monoisotopic (exact) mass is 238 g/mol. The summed E-state index contributed by atoms with van der Waals surface area (Å²) >= 11 is 0.